The van der Waals surface area contributed by atoms with E-state index in [4.69, 9.17) is 17.3 Å². The van der Waals surface area contributed by atoms with E-state index >= 15 is 0 Å². The highest BCUT2D eigenvalue weighted by Gasteiger charge is 2.10. The maximum atomic E-state index is 13.5. The molecule has 0 amide bonds. The molecule has 0 aromatic heterocycles. The predicted molar refractivity (Wildman–Crippen MR) is 74.5 cm³/mol. The SMILES string of the molecule is C[C@H](N)c1ccc(Sc2cc(F)ccc2F)c(Cl)c1. The van der Waals surface area contributed by atoms with Crippen LogP contribution in [0.3, 0.4) is 0 Å². The van der Waals surface area contributed by atoms with Crippen molar-refractivity contribution in [2.24, 2.45) is 5.73 Å². The van der Waals surface area contributed by atoms with Gasteiger partial charge in [-0.15, -0.1) is 0 Å². The minimum absolute atomic E-state index is 0.123. The lowest BCUT2D eigenvalue weighted by Crippen LogP contribution is -2.04. The van der Waals surface area contributed by atoms with Gasteiger partial charge >= 0.3 is 0 Å². The molecule has 0 aliphatic heterocycles. The van der Waals surface area contributed by atoms with Crippen molar-refractivity contribution in [3.8, 4) is 0 Å². The standard InChI is InChI=1S/C14H12ClF2NS/c1-8(18)9-2-5-13(11(15)6-9)19-14-7-10(16)3-4-12(14)17/h2-8H,18H2,1H3/t8-/m0/s1. The maximum Gasteiger partial charge on any atom is 0.137 e. The van der Waals surface area contributed by atoms with Gasteiger partial charge in [0, 0.05) is 10.9 Å². The van der Waals surface area contributed by atoms with Gasteiger partial charge in [-0.25, -0.2) is 8.78 Å². The molecule has 0 radical (unpaired) electrons. The predicted octanol–water partition coefficient (Wildman–Crippen LogP) is 4.79. The molecule has 19 heavy (non-hydrogen) atoms. The largest absolute Gasteiger partial charge is 0.324 e. The summed E-state index contributed by atoms with van der Waals surface area (Å²) in [6, 6.07) is 8.54. The summed E-state index contributed by atoms with van der Waals surface area (Å²) in [7, 11) is 0. The molecule has 2 aromatic rings. The summed E-state index contributed by atoms with van der Waals surface area (Å²) in [5.41, 5.74) is 6.65. The lowest BCUT2D eigenvalue weighted by Gasteiger charge is -2.10. The van der Waals surface area contributed by atoms with Gasteiger partial charge in [0.15, 0.2) is 0 Å². The zero-order valence-corrected chi connectivity index (χ0v) is 11.7. The molecule has 5 heteroatoms. The third kappa shape index (κ3) is 3.47. The summed E-state index contributed by atoms with van der Waals surface area (Å²) in [6.45, 7) is 1.85. The van der Waals surface area contributed by atoms with Crippen molar-refractivity contribution < 1.29 is 8.78 Å². The van der Waals surface area contributed by atoms with Gasteiger partial charge in [-0.2, -0.15) is 0 Å². The number of benzene rings is 2. The molecule has 0 saturated heterocycles. The molecule has 0 spiro atoms. The molecule has 100 valence electrons. The topological polar surface area (TPSA) is 26.0 Å². The Morgan fingerprint density at radius 1 is 1.11 bits per heavy atom. The Morgan fingerprint density at radius 3 is 2.47 bits per heavy atom. The molecular weight excluding hydrogens is 288 g/mol. The lowest BCUT2D eigenvalue weighted by atomic mass is 10.1. The van der Waals surface area contributed by atoms with Gasteiger partial charge in [-0.1, -0.05) is 29.4 Å². The molecule has 0 heterocycles. The average molecular weight is 300 g/mol. The Morgan fingerprint density at radius 2 is 1.84 bits per heavy atom. The van der Waals surface area contributed by atoms with E-state index in [1.807, 2.05) is 13.0 Å². The van der Waals surface area contributed by atoms with Crippen molar-refractivity contribution in [3.63, 3.8) is 0 Å². The number of hydrogen-bond acceptors (Lipinski definition) is 2. The van der Waals surface area contributed by atoms with Crippen molar-refractivity contribution in [1.82, 2.24) is 0 Å². The monoisotopic (exact) mass is 299 g/mol. The summed E-state index contributed by atoms with van der Waals surface area (Å²) in [6.07, 6.45) is 0. The van der Waals surface area contributed by atoms with Crippen LogP contribution in [-0.2, 0) is 0 Å². The Hall–Kier alpha value is -1.10. The van der Waals surface area contributed by atoms with Crippen LogP contribution in [0.5, 0.6) is 0 Å². The van der Waals surface area contributed by atoms with Gasteiger partial charge in [-0.3, -0.25) is 0 Å². The van der Waals surface area contributed by atoms with Crippen molar-refractivity contribution in [2.75, 3.05) is 0 Å². The first-order valence-corrected chi connectivity index (χ1v) is 6.85. The number of nitrogens with two attached hydrogens (primary N) is 1. The Labute approximate surface area is 119 Å². The summed E-state index contributed by atoms with van der Waals surface area (Å²) in [5.74, 6) is -0.953. The Kier molecular flexibility index (Phi) is 4.45. The van der Waals surface area contributed by atoms with E-state index in [0.717, 1.165) is 35.5 Å². The molecule has 1 atom stereocenters. The van der Waals surface area contributed by atoms with E-state index in [2.05, 4.69) is 0 Å². The average Bonchev–Trinajstić information content (AvgIpc) is 2.36. The fourth-order valence-electron chi connectivity index (χ4n) is 1.56. The van der Waals surface area contributed by atoms with Gasteiger partial charge in [0.25, 0.3) is 0 Å². The fraction of sp³-hybridized carbons (Fsp3) is 0.143. The van der Waals surface area contributed by atoms with Gasteiger partial charge in [0.05, 0.1) is 9.92 Å². The van der Waals surface area contributed by atoms with Crippen LogP contribution >= 0.6 is 23.4 Å². The highest BCUT2D eigenvalue weighted by atomic mass is 35.5. The minimum Gasteiger partial charge on any atom is -0.324 e. The van der Waals surface area contributed by atoms with Crippen LogP contribution in [0.2, 0.25) is 5.02 Å². The number of halogens is 3. The quantitative estimate of drug-likeness (QED) is 0.882. The van der Waals surface area contributed by atoms with Gasteiger partial charge < -0.3 is 5.73 Å². The van der Waals surface area contributed by atoms with E-state index in [9.17, 15) is 8.78 Å². The van der Waals surface area contributed by atoms with Crippen LogP contribution in [0.15, 0.2) is 46.2 Å². The van der Waals surface area contributed by atoms with Crippen LogP contribution in [-0.4, -0.2) is 0 Å². The van der Waals surface area contributed by atoms with Crippen molar-refractivity contribution in [2.45, 2.75) is 22.8 Å². The van der Waals surface area contributed by atoms with Crippen LogP contribution in [0.4, 0.5) is 8.78 Å². The zero-order chi connectivity index (χ0) is 14.0. The molecule has 0 aliphatic carbocycles. The maximum absolute atomic E-state index is 13.5. The van der Waals surface area contributed by atoms with Crippen molar-refractivity contribution >= 4 is 23.4 Å². The molecular formula is C14H12ClF2NS. The second-order valence-electron chi connectivity index (χ2n) is 4.16. The highest BCUT2D eigenvalue weighted by Crippen LogP contribution is 2.36. The number of rotatable bonds is 3. The molecule has 0 aliphatic rings. The molecule has 0 saturated carbocycles. The van der Waals surface area contributed by atoms with Crippen LogP contribution in [0.1, 0.15) is 18.5 Å². The first-order chi connectivity index (χ1) is 8.97. The third-order valence-electron chi connectivity index (χ3n) is 2.59. The fourth-order valence-corrected chi connectivity index (χ4v) is 2.73. The Balaban J connectivity index is 2.31. The van der Waals surface area contributed by atoms with E-state index in [-0.39, 0.29) is 10.9 Å². The summed E-state index contributed by atoms with van der Waals surface area (Å²) >= 11 is 7.21. The first kappa shape index (κ1) is 14.3. The van der Waals surface area contributed by atoms with Crippen LogP contribution in [0, 0.1) is 11.6 Å². The van der Waals surface area contributed by atoms with E-state index in [1.165, 1.54) is 0 Å². The third-order valence-corrected chi connectivity index (χ3v) is 4.13. The summed E-state index contributed by atoms with van der Waals surface area (Å²) in [5, 5.41) is 0.475. The minimum atomic E-state index is -0.479. The van der Waals surface area contributed by atoms with Crippen molar-refractivity contribution in [1.29, 1.82) is 0 Å². The summed E-state index contributed by atoms with van der Waals surface area (Å²) < 4.78 is 26.6. The molecule has 0 unspecified atom stereocenters. The highest BCUT2D eigenvalue weighted by molar-refractivity contribution is 7.99. The lowest BCUT2D eigenvalue weighted by molar-refractivity contribution is 0.577. The Bertz CT molecular complexity index is 602. The molecule has 2 rings (SSSR count). The van der Waals surface area contributed by atoms with Gasteiger partial charge in [0.2, 0.25) is 0 Å². The van der Waals surface area contributed by atoms with Crippen LogP contribution < -0.4 is 5.73 Å². The second kappa shape index (κ2) is 5.90. The molecule has 0 fully saturated rings. The van der Waals surface area contributed by atoms with E-state index < -0.39 is 11.6 Å². The smallest absolute Gasteiger partial charge is 0.137 e. The molecule has 1 nitrogen and oxygen atoms in total. The van der Waals surface area contributed by atoms with Gasteiger partial charge in [-0.05, 0) is 42.8 Å². The molecule has 2 N–H and O–H groups in total. The molecule has 0 bridgehead atoms. The first-order valence-electron chi connectivity index (χ1n) is 5.65. The second-order valence-corrected chi connectivity index (χ2v) is 5.65. The number of hydrogen-bond donors (Lipinski definition) is 1. The normalized spacial score (nSPS) is 12.5. The summed E-state index contributed by atoms with van der Waals surface area (Å²) in [4.78, 5) is 0.867. The van der Waals surface area contributed by atoms with E-state index in [1.54, 1.807) is 12.1 Å². The van der Waals surface area contributed by atoms with Crippen molar-refractivity contribution in [3.05, 3.63) is 58.6 Å². The van der Waals surface area contributed by atoms with Crippen LogP contribution in [0.25, 0.3) is 0 Å². The van der Waals surface area contributed by atoms with E-state index in [0.29, 0.717) is 9.92 Å². The zero-order valence-electron chi connectivity index (χ0n) is 10.2. The molecule has 2 aromatic carbocycles. The van der Waals surface area contributed by atoms with Gasteiger partial charge in [0.1, 0.15) is 11.6 Å².